The molecule has 0 bridgehead atoms. The monoisotopic (exact) mass is 254 g/mol. The summed E-state index contributed by atoms with van der Waals surface area (Å²) in [5.74, 6) is 0. The van der Waals surface area contributed by atoms with E-state index >= 15 is 0 Å². The molecule has 1 heterocycles. The zero-order chi connectivity index (χ0) is 9.80. The van der Waals surface area contributed by atoms with Crippen molar-refractivity contribution in [3.05, 3.63) is 30.6 Å². The second kappa shape index (κ2) is 4.92. The van der Waals surface area contributed by atoms with Crippen LogP contribution in [0.15, 0.2) is 30.6 Å². The van der Waals surface area contributed by atoms with Gasteiger partial charge in [0.2, 0.25) is 0 Å². The standard InChI is InChI=1S/C12H17BrN/c13-11-7-3-1-4-8-12(11)14-9-5-2-6-10-14/h2,5-6,9-12H,1,3-4,7-8H2/q+1/t11-,12-/m0/s1. The average molecular weight is 255 g/mol. The molecule has 0 unspecified atom stereocenters. The van der Waals surface area contributed by atoms with Gasteiger partial charge in [0.05, 0.1) is 4.83 Å². The Hall–Kier alpha value is -0.370. The van der Waals surface area contributed by atoms with Gasteiger partial charge in [-0.3, -0.25) is 0 Å². The van der Waals surface area contributed by atoms with E-state index in [0.29, 0.717) is 10.9 Å². The maximum atomic E-state index is 3.82. The molecule has 0 saturated heterocycles. The normalized spacial score (nSPS) is 28.4. The van der Waals surface area contributed by atoms with Crippen LogP contribution in [0.25, 0.3) is 0 Å². The van der Waals surface area contributed by atoms with E-state index in [1.54, 1.807) is 0 Å². The third-order valence-corrected chi connectivity index (χ3v) is 4.09. The Morgan fingerprint density at radius 2 is 1.64 bits per heavy atom. The molecule has 0 radical (unpaired) electrons. The Kier molecular flexibility index (Phi) is 3.57. The van der Waals surface area contributed by atoms with Crippen LogP contribution in [0.3, 0.4) is 0 Å². The summed E-state index contributed by atoms with van der Waals surface area (Å²) in [5, 5.41) is 0. The molecule has 0 aliphatic heterocycles. The number of alkyl halides is 1. The zero-order valence-corrected chi connectivity index (χ0v) is 9.99. The molecule has 1 nitrogen and oxygen atoms in total. The molecule has 1 aromatic heterocycles. The fourth-order valence-electron chi connectivity index (χ4n) is 2.21. The molecule has 0 amide bonds. The SMILES string of the molecule is Br[C@H]1CCCCC[C@@H]1[n+]1ccccc1. The van der Waals surface area contributed by atoms with Gasteiger partial charge >= 0.3 is 0 Å². The topological polar surface area (TPSA) is 3.88 Å². The quantitative estimate of drug-likeness (QED) is 0.412. The van der Waals surface area contributed by atoms with Gasteiger partial charge in [-0.2, -0.15) is 0 Å². The summed E-state index contributed by atoms with van der Waals surface area (Å²) in [5.41, 5.74) is 0. The van der Waals surface area contributed by atoms with E-state index in [2.05, 4.69) is 51.1 Å². The second-order valence-electron chi connectivity index (χ2n) is 4.04. The Balaban J connectivity index is 2.15. The van der Waals surface area contributed by atoms with E-state index in [1.165, 1.54) is 32.1 Å². The summed E-state index contributed by atoms with van der Waals surface area (Å²) in [6.07, 6.45) is 11.1. The van der Waals surface area contributed by atoms with E-state index < -0.39 is 0 Å². The van der Waals surface area contributed by atoms with Crippen molar-refractivity contribution in [1.29, 1.82) is 0 Å². The van der Waals surface area contributed by atoms with Crippen LogP contribution in [-0.4, -0.2) is 4.83 Å². The van der Waals surface area contributed by atoms with Crippen LogP contribution in [0, 0.1) is 0 Å². The highest BCUT2D eigenvalue weighted by molar-refractivity contribution is 9.09. The molecule has 14 heavy (non-hydrogen) atoms. The molecular weight excluding hydrogens is 238 g/mol. The number of hydrogen-bond donors (Lipinski definition) is 0. The third kappa shape index (κ3) is 2.35. The van der Waals surface area contributed by atoms with E-state index in [0.717, 1.165) is 0 Å². The van der Waals surface area contributed by atoms with Gasteiger partial charge in [0, 0.05) is 18.6 Å². The lowest BCUT2D eigenvalue weighted by Gasteiger charge is -2.14. The predicted octanol–water partition coefficient (Wildman–Crippen LogP) is 3.24. The predicted molar refractivity (Wildman–Crippen MR) is 61.5 cm³/mol. The highest BCUT2D eigenvalue weighted by Crippen LogP contribution is 2.28. The van der Waals surface area contributed by atoms with E-state index in [1.807, 2.05) is 0 Å². The van der Waals surface area contributed by atoms with Crippen LogP contribution >= 0.6 is 15.9 Å². The Bertz CT molecular complexity index is 273. The third-order valence-electron chi connectivity index (χ3n) is 3.02. The smallest absolute Gasteiger partial charge is 0.170 e. The maximum Gasteiger partial charge on any atom is 0.170 e. The summed E-state index contributed by atoms with van der Waals surface area (Å²) in [4.78, 5) is 0.650. The first kappa shape index (κ1) is 10.2. The fraction of sp³-hybridized carbons (Fsp3) is 0.583. The van der Waals surface area contributed by atoms with Crippen molar-refractivity contribution in [2.75, 3.05) is 0 Å². The van der Waals surface area contributed by atoms with Gasteiger partial charge in [-0.05, 0) is 12.8 Å². The number of hydrogen-bond acceptors (Lipinski definition) is 0. The molecule has 2 atom stereocenters. The van der Waals surface area contributed by atoms with Crippen LogP contribution in [0.2, 0.25) is 0 Å². The molecule has 1 aliphatic rings. The van der Waals surface area contributed by atoms with Crippen LogP contribution < -0.4 is 4.57 Å². The van der Waals surface area contributed by atoms with Crippen molar-refractivity contribution in [2.45, 2.75) is 43.0 Å². The van der Waals surface area contributed by atoms with Gasteiger partial charge < -0.3 is 0 Å². The zero-order valence-electron chi connectivity index (χ0n) is 8.40. The molecule has 1 fully saturated rings. The van der Waals surface area contributed by atoms with Gasteiger partial charge in [-0.25, -0.2) is 4.57 Å². The van der Waals surface area contributed by atoms with E-state index in [4.69, 9.17) is 0 Å². The molecule has 1 aliphatic carbocycles. The summed E-state index contributed by atoms with van der Waals surface area (Å²) in [6, 6.07) is 6.96. The molecule has 0 spiro atoms. The minimum absolute atomic E-state index is 0.650. The van der Waals surface area contributed by atoms with E-state index in [9.17, 15) is 0 Å². The lowest BCUT2D eigenvalue weighted by atomic mass is 10.1. The van der Waals surface area contributed by atoms with Crippen molar-refractivity contribution in [3.63, 3.8) is 0 Å². The Morgan fingerprint density at radius 3 is 2.43 bits per heavy atom. The number of pyridine rings is 1. The van der Waals surface area contributed by atoms with Crippen molar-refractivity contribution in [3.8, 4) is 0 Å². The lowest BCUT2D eigenvalue weighted by Crippen LogP contribution is -2.42. The largest absolute Gasteiger partial charge is 0.201 e. The number of nitrogens with zero attached hydrogens (tertiary/aromatic N) is 1. The van der Waals surface area contributed by atoms with Gasteiger partial charge in [0.15, 0.2) is 18.4 Å². The first-order valence-corrected chi connectivity index (χ1v) is 6.39. The Labute approximate surface area is 94.3 Å². The molecule has 76 valence electrons. The molecule has 2 rings (SSSR count). The van der Waals surface area contributed by atoms with Crippen molar-refractivity contribution in [1.82, 2.24) is 0 Å². The summed E-state index contributed by atoms with van der Waals surface area (Å²) >= 11 is 3.82. The van der Waals surface area contributed by atoms with Gasteiger partial charge in [0.1, 0.15) is 0 Å². The van der Waals surface area contributed by atoms with Gasteiger partial charge in [-0.15, -0.1) is 0 Å². The lowest BCUT2D eigenvalue weighted by molar-refractivity contribution is -0.722. The fourth-order valence-corrected chi connectivity index (χ4v) is 3.07. The summed E-state index contributed by atoms with van der Waals surface area (Å²) in [7, 11) is 0. The molecule has 0 aromatic carbocycles. The van der Waals surface area contributed by atoms with Gasteiger partial charge in [0.25, 0.3) is 0 Å². The number of rotatable bonds is 1. The second-order valence-corrected chi connectivity index (χ2v) is 5.22. The summed E-state index contributed by atoms with van der Waals surface area (Å²) in [6.45, 7) is 0. The molecule has 1 aromatic rings. The molecule has 0 N–H and O–H groups in total. The van der Waals surface area contributed by atoms with Crippen LogP contribution in [0.5, 0.6) is 0 Å². The maximum absolute atomic E-state index is 3.82. The molecule has 1 saturated carbocycles. The van der Waals surface area contributed by atoms with Gasteiger partial charge in [-0.1, -0.05) is 34.8 Å². The van der Waals surface area contributed by atoms with Crippen molar-refractivity contribution >= 4 is 15.9 Å². The van der Waals surface area contributed by atoms with Crippen LogP contribution in [0.1, 0.15) is 38.1 Å². The van der Waals surface area contributed by atoms with Crippen LogP contribution in [-0.2, 0) is 0 Å². The number of halogens is 1. The van der Waals surface area contributed by atoms with Crippen molar-refractivity contribution in [2.24, 2.45) is 0 Å². The van der Waals surface area contributed by atoms with Crippen LogP contribution in [0.4, 0.5) is 0 Å². The first-order chi connectivity index (χ1) is 6.88. The summed E-state index contributed by atoms with van der Waals surface area (Å²) < 4.78 is 2.35. The highest BCUT2D eigenvalue weighted by Gasteiger charge is 2.28. The number of aromatic nitrogens is 1. The minimum atomic E-state index is 0.650. The first-order valence-electron chi connectivity index (χ1n) is 5.48. The average Bonchev–Trinajstić information content (AvgIpc) is 2.44. The molecule has 2 heteroatoms. The Morgan fingerprint density at radius 1 is 0.929 bits per heavy atom. The highest BCUT2D eigenvalue weighted by atomic mass is 79.9. The molecular formula is C12H17BrN+. The van der Waals surface area contributed by atoms with E-state index in [-0.39, 0.29) is 0 Å². The van der Waals surface area contributed by atoms with Crippen molar-refractivity contribution < 1.29 is 4.57 Å². The minimum Gasteiger partial charge on any atom is -0.201 e.